The first-order valence-corrected chi connectivity index (χ1v) is 10.4. The molecule has 0 radical (unpaired) electrons. The van der Waals surface area contributed by atoms with E-state index < -0.39 is 5.97 Å². The number of benzene rings is 2. The van der Waals surface area contributed by atoms with Crippen molar-refractivity contribution in [3.63, 3.8) is 0 Å². The summed E-state index contributed by atoms with van der Waals surface area (Å²) in [6.07, 6.45) is 0.733. The van der Waals surface area contributed by atoms with Crippen LogP contribution in [0.15, 0.2) is 36.4 Å². The molecular weight excluding hydrogens is 424 g/mol. The second kappa shape index (κ2) is 9.10. The third-order valence-electron chi connectivity index (χ3n) is 4.71. The number of fused-ring (bicyclic) bond motifs is 1. The monoisotopic (exact) mass is 448 g/mol. The lowest BCUT2D eigenvalue weighted by atomic mass is 9.89. The van der Waals surface area contributed by atoms with Crippen LogP contribution in [0.1, 0.15) is 49.2 Å². The predicted octanol–water partition coefficient (Wildman–Crippen LogP) is 5.11. The molecule has 0 amide bonds. The maximum absolute atomic E-state index is 11.9. The second-order valence-corrected chi connectivity index (χ2v) is 8.35. The molecule has 1 atom stereocenters. The molecule has 160 valence electrons. The molecule has 2 aromatic rings. The van der Waals surface area contributed by atoms with Gasteiger partial charge in [-0.1, -0.05) is 11.6 Å². The van der Waals surface area contributed by atoms with Crippen LogP contribution in [-0.2, 0) is 4.74 Å². The Bertz CT molecular complexity index is 964. The smallest absolute Gasteiger partial charge is 0.339 e. The zero-order chi connectivity index (χ0) is 21.9. The molecule has 2 N–H and O–H groups in total. The molecule has 1 aliphatic rings. The van der Waals surface area contributed by atoms with Gasteiger partial charge in [-0.05, 0) is 63.3 Å². The first kappa shape index (κ1) is 22.2. The highest BCUT2D eigenvalue weighted by Crippen LogP contribution is 2.41. The quantitative estimate of drug-likeness (QED) is 0.486. The van der Waals surface area contributed by atoms with Crippen molar-refractivity contribution in [1.29, 1.82) is 0 Å². The minimum Gasteiger partial charge on any atom is -0.497 e. The molecule has 0 aliphatic carbocycles. The molecule has 1 heterocycles. The predicted molar refractivity (Wildman–Crippen MR) is 122 cm³/mol. The Hall–Kier alpha value is -2.51. The Balaban J connectivity index is 1.73. The maximum atomic E-state index is 11.9. The van der Waals surface area contributed by atoms with Crippen molar-refractivity contribution < 1.29 is 19.0 Å². The van der Waals surface area contributed by atoms with Crippen molar-refractivity contribution in [3.05, 3.63) is 52.5 Å². The normalized spacial score (nSPS) is 16.6. The lowest BCUT2D eigenvalue weighted by molar-refractivity contribution is 0.0526. The van der Waals surface area contributed by atoms with Crippen LogP contribution in [0.25, 0.3) is 0 Å². The van der Waals surface area contributed by atoms with Crippen LogP contribution < -0.4 is 20.1 Å². The molecular formula is C22H25ClN2O4S. The van der Waals surface area contributed by atoms with E-state index in [2.05, 4.69) is 10.6 Å². The molecule has 0 bridgehead atoms. The third kappa shape index (κ3) is 5.15. The molecule has 0 fully saturated rings. The van der Waals surface area contributed by atoms with Gasteiger partial charge in [0.05, 0.1) is 30.3 Å². The average molecular weight is 449 g/mol. The van der Waals surface area contributed by atoms with Crippen LogP contribution in [0.5, 0.6) is 11.5 Å². The molecule has 0 spiro atoms. The molecule has 1 aliphatic heterocycles. The molecule has 0 unspecified atom stereocenters. The summed E-state index contributed by atoms with van der Waals surface area (Å²) in [7, 11) is 1.63. The number of halogens is 1. The van der Waals surface area contributed by atoms with E-state index in [0.717, 1.165) is 23.5 Å². The number of hydrogen-bond acceptors (Lipinski definition) is 5. The van der Waals surface area contributed by atoms with Crippen molar-refractivity contribution in [2.45, 2.75) is 38.8 Å². The van der Waals surface area contributed by atoms with Gasteiger partial charge >= 0.3 is 5.97 Å². The molecule has 0 saturated carbocycles. The molecule has 2 aromatic carbocycles. The Labute approximate surface area is 186 Å². The topological polar surface area (TPSA) is 68.8 Å². The summed E-state index contributed by atoms with van der Waals surface area (Å²) in [5, 5.41) is 7.23. The molecule has 30 heavy (non-hydrogen) atoms. The first-order valence-electron chi connectivity index (χ1n) is 9.63. The highest BCUT2D eigenvalue weighted by atomic mass is 35.5. The number of hydrogen-bond donors (Lipinski definition) is 2. The third-order valence-corrected chi connectivity index (χ3v) is 5.24. The van der Waals surface area contributed by atoms with Crippen LogP contribution >= 0.6 is 23.8 Å². The van der Waals surface area contributed by atoms with Gasteiger partial charge in [-0.3, -0.25) is 0 Å². The number of carbonyl (C=O) groups is 1. The fraction of sp³-hybridized carbons (Fsp3) is 0.364. The van der Waals surface area contributed by atoms with E-state index in [1.165, 1.54) is 0 Å². The lowest BCUT2D eigenvalue weighted by Gasteiger charge is -2.38. The number of nitrogens with one attached hydrogen (secondary N) is 2. The van der Waals surface area contributed by atoms with Gasteiger partial charge < -0.3 is 24.8 Å². The lowest BCUT2D eigenvalue weighted by Crippen LogP contribution is -2.42. The summed E-state index contributed by atoms with van der Waals surface area (Å²) in [6.45, 7) is 6.11. The van der Waals surface area contributed by atoms with E-state index >= 15 is 0 Å². The first-order chi connectivity index (χ1) is 14.2. The van der Waals surface area contributed by atoms with E-state index in [9.17, 15) is 4.79 Å². The van der Waals surface area contributed by atoms with Gasteiger partial charge in [-0.15, -0.1) is 0 Å². The van der Waals surface area contributed by atoms with E-state index in [-0.39, 0.29) is 18.2 Å². The SMILES string of the molecule is CCOC(=O)c1ccc(NC(=S)N[C@@H]2CC(C)(C)Oc3cc(OC)ccc32)cc1Cl. The van der Waals surface area contributed by atoms with Crippen molar-refractivity contribution in [2.75, 3.05) is 19.0 Å². The molecule has 0 saturated heterocycles. The standard InChI is InChI=1S/C22H25ClN2O4S/c1-5-28-20(26)15-8-6-13(10-17(15)23)24-21(30)25-18-12-22(2,3)29-19-11-14(27-4)7-9-16(18)19/h6-11,18H,5,12H2,1-4H3,(H2,24,25,30)/t18-/m1/s1. The number of esters is 1. The van der Waals surface area contributed by atoms with Gasteiger partial charge in [-0.25, -0.2) is 4.79 Å². The molecule has 0 aromatic heterocycles. The van der Waals surface area contributed by atoms with Crippen LogP contribution in [0.4, 0.5) is 5.69 Å². The van der Waals surface area contributed by atoms with Crippen LogP contribution in [0.2, 0.25) is 5.02 Å². The number of ether oxygens (including phenoxy) is 3. The summed E-state index contributed by atoms with van der Waals surface area (Å²) in [5.74, 6) is 1.06. The molecule has 3 rings (SSSR count). The molecule has 8 heteroatoms. The number of rotatable bonds is 5. The Kier molecular flexibility index (Phi) is 6.73. The van der Waals surface area contributed by atoms with Gasteiger partial charge in [0.25, 0.3) is 0 Å². The number of methoxy groups -OCH3 is 1. The summed E-state index contributed by atoms with van der Waals surface area (Å²) < 4.78 is 16.4. The Morgan fingerprint density at radius 1 is 1.30 bits per heavy atom. The fourth-order valence-electron chi connectivity index (χ4n) is 3.38. The zero-order valence-electron chi connectivity index (χ0n) is 17.4. The van der Waals surface area contributed by atoms with E-state index in [0.29, 0.717) is 21.4 Å². The van der Waals surface area contributed by atoms with Crippen LogP contribution in [-0.4, -0.2) is 30.4 Å². The summed E-state index contributed by atoms with van der Waals surface area (Å²) >= 11 is 11.8. The minimum absolute atomic E-state index is 0.0380. The number of anilines is 1. The van der Waals surface area contributed by atoms with Crippen LogP contribution in [0.3, 0.4) is 0 Å². The maximum Gasteiger partial charge on any atom is 0.339 e. The average Bonchev–Trinajstić information content (AvgIpc) is 2.66. The van der Waals surface area contributed by atoms with Gasteiger partial charge in [-0.2, -0.15) is 0 Å². The highest BCUT2D eigenvalue weighted by Gasteiger charge is 2.34. The molecule has 6 nitrogen and oxygen atoms in total. The van der Waals surface area contributed by atoms with Gasteiger partial charge in [0.15, 0.2) is 5.11 Å². The largest absolute Gasteiger partial charge is 0.497 e. The van der Waals surface area contributed by atoms with E-state index in [4.69, 9.17) is 38.0 Å². The van der Waals surface area contributed by atoms with E-state index in [1.54, 1.807) is 32.2 Å². The fourth-order valence-corrected chi connectivity index (χ4v) is 3.90. The van der Waals surface area contributed by atoms with Crippen molar-refractivity contribution in [2.24, 2.45) is 0 Å². The van der Waals surface area contributed by atoms with Crippen molar-refractivity contribution >= 4 is 40.6 Å². The van der Waals surface area contributed by atoms with Crippen molar-refractivity contribution in [1.82, 2.24) is 5.32 Å². The summed E-state index contributed by atoms with van der Waals surface area (Å²) in [6, 6.07) is 10.7. The van der Waals surface area contributed by atoms with Gasteiger partial charge in [0.1, 0.15) is 17.1 Å². The zero-order valence-corrected chi connectivity index (χ0v) is 18.9. The minimum atomic E-state index is -0.453. The Morgan fingerprint density at radius 2 is 2.07 bits per heavy atom. The number of thiocarbonyl (C=S) groups is 1. The van der Waals surface area contributed by atoms with Gasteiger partial charge in [0, 0.05) is 23.7 Å². The summed E-state index contributed by atoms with van der Waals surface area (Å²) in [5.41, 5.74) is 1.64. The summed E-state index contributed by atoms with van der Waals surface area (Å²) in [4.78, 5) is 11.9. The van der Waals surface area contributed by atoms with E-state index in [1.807, 2.05) is 32.0 Å². The second-order valence-electron chi connectivity index (χ2n) is 7.54. The highest BCUT2D eigenvalue weighted by molar-refractivity contribution is 7.80. The van der Waals surface area contributed by atoms with Crippen molar-refractivity contribution in [3.8, 4) is 11.5 Å². The van der Waals surface area contributed by atoms with Crippen LogP contribution in [0, 0.1) is 0 Å². The number of carbonyl (C=O) groups excluding carboxylic acids is 1. The van der Waals surface area contributed by atoms with Gasteiger partial charge in [0.2, 0.25) is 0 Å². The Morgan fingerprint density at radius 3 is 2.73 bits per heavy atom.